The third kappa shape index (κ3) is 5.20. The van der Waals surface area contributed by atoms with Crippen LogP contribution in [0, 0.1) is 0 Å². The molecule has 46 heavy (non-hydrogen) atoms. The van der Waals surface area contributed by atoms with Crippen molar-refractivity contribution in [1.82, 2.24) is 24.7 Å². The number of fused-ring (bicyclic) bond motifs is 3. The number of carbonyl (C=O) groups is 2. The van der Waals surface area contributed by atoms with Crippen molar-refractivity contribution in [3.63, 3.8) is 0 Å². The number of aromatic nitrogens is 5. The first-order valence-corrected chi connectivity index (χ1v) is 16.2. The molecule has 0 radical (unpaired) electrons. The Balaban J connectivity index is 1.01. The maximum absolute atomic E-state index is 13.4. The van der Waals surface area contributed by atoms with E-state index in [0.29, 0.717) is 28.1 Å². The van der Waals surface area contributed by atoms with E-state index in [2.05, 4.69) is 30.4 Å². The monoisotopic (exact) mass is 648 g/mol. The largest absolute Gasteiger partial charge is 0.480 e. The molecule has 2 unspecified atom stereocenters. The van der Waals surface area contributed by atoms with Gasteiger partial charge >= 0.3 is 12.0 Å². The van der Waals surface area contributed by atoms with E-state index >= 15 is 0 Å². The zero-order valence-corrected chi connectivity index (χ0v) is 25.6. The normalized spacial score (nSPS) is 17.6. The highest BCUT2D eigenvalue weighted by Crippen LogP contribution is 2.36. The summed E-state index contributed by atoms with van der Waals surface area (Å²) in [7, 11) is 0. The van der Waals surface area contributed by atoms with E-state index in [1.807, 2.05) is 54.6 Å². The fraction of sp³-hybridized carbons (Fsp3) is 0.156. The van der Waals surface area contributed by atoms with Crippen molar-refractivity contribution >= 4 is 72.2 Å². The van der Waals surface area contributed by atoms with Gasteiger partial charge in [-0.05, 0) is 60.9 Å². The fourth-order valence-electron chi connectivity index (χ4n) is 5.56. The lowest BCUT2D eigenvalue weighted by Gasteiger charge is -2.29. The lowest BCUT2D eigenvalue weighted by molar-refractivity contribution is -0.139. The van der Waals surface area contributed by atoms with Gasteiger partial charge in [-0.2, -0.15) is 5.10 Å². The van der Waals surface area contributed by atoms with Gasteiger partial charge in [0.15, 0.2) is 22.3 Å². The second-order valence-corrected chi connectivity index (χ2v) is 12.8. The molecule has 0 aliphatic carbocycles. The van der Waals surface area contributed by atoms with E-state index in [1.54, 1.807) is 34.1 Å². The molecule has 0 spiro atoms. The van der Waals surface area contributed by atoms with Gasteiger partial charge in [-0.25, -0.2) is 29.2 Å². The first-order chi connectivity index (χ1) is 22.5. The minimum absolute atomic E-state index is 0.262. The number of carbonyl (C=O) groups excluding carboxylic acids is 1. The number of aliphatic imine (C=N–C) groups is 1. The molecule has 3 aromatic heterocycles. The molecule has 0 saturated carbocycles. The highest BCUT2D eigenvalue weighted by Gasteiger charge is 2.38. The Morgan fingerprint density at radius 3 is 2.76 bits per heavy atom. The average molecular weight is 649 g/mol. The number of benzene rings is 3. The number of thiazole rings is 1. The minimum atomic E-state index is -1.11. The van der Waals surface area contributed by atoms with Crippen LogP contribution in [0.5, 0.6) is 5.75 Å². The lowest BCUT2D eigenvalue weighted by atomic mass is 10.00. The number of carboxylic acid groups (broad SMARTS) is 1. The van der Waals surface area contributed by atoms with Crippen molar-refractivity contribution in [3.05, 3.63) is 96.6 Å². The summed E-state index contributed by atoms with van der Waals surface area (Å²) in [6.45, 7) is 0.549. The molecule has 6 aromatic rings. The zero-order chi connectivity index (χ0) is 31.2. The summed E-state index contributed by atoms with van der Waals surface area (Å²) in [5.74, 6) is -0.584. The van der Waals surface area contributed by atoms with Crippen LogP contribution in [0.2, 0.25) is 0 Å². The molecule has 228 valence electrons. The molecule has 8 rings (SSSR count). The number of rotatable bonds is 6. The first-order valence-electron chi connectivity index (χ1n) is 14.5. The van der Waals surface area contributed by atoms with Crippen LogP contribution in [0.3, 0.4) is 0 Å². The Morgan fingerprint density at radius 2 is 1.91 bits per heavy atom. The second kappa shape index (κ2) is 11.5. The minimum Gasteiger partial charge on any atom is -0.480 e. The van der Waals surface area contributed by atoms with Crippen LogP contribution in [0.1, 0.15) is 17.5 Å². The highest BCUT2D eigenvalue weighted by molar-refractivity contribution is 8.15. The van der Waals surface area contributed by atoms with Gasteiger partial charge in [0.25, 0.3) is 0 Å². The molecule has 2 aliphatic heterocycles. The van der Waals surface area contributed by atoms with Crippen molar-refractivity contribution in [2.45, 2.75) is 24.3 Å². The summed E-state index contributed by atoms with van der Waals surface area (Å²) in [4.78, 5) is 44.8. The molecule has 0 bridgehead atoms. The lowest BCUT2D eigenvalue weighted by Crippen LogP contribution is -2.38. The third-order valence-electron chi connectivity index (χ3n) is 7.76. The number of amides is 2. The van der Waals surface area contributed by atoms with Crippen LogP contribution in [0.25, 0.3) is 26.9 Å². The van der Waals surface area contributed by atoms with Crippen LogP contribution in [0.15, 0.2) is 90.4 Å². The number of nitrogens with zero attached hydrogens (tertiary/aromatic N) is 7. The predicted octanol–water partition coefficient (Wildman–Crippen LogP) is 5.76. The van der Waals surface area contributed by atoms with E-state index in [4.69, 9.17) is 4.74 Å². The standard InChI is InChI=1S/C32H24N8O4S2/c41-29(42)26-30(44-22-11-9-21(10-12-22)40-27-20(16-35-40)15-33-17-34-27)46-28(37-26)19-8-7-18-4-3-13-39(24(18)14-19)32(43)38-31-36-23-5-1-2-6-25(23)45-31/h1-2,5-12,14-17,26,30H,3-4,13H2,(H,41,42)(H,36,38,43). The van der Waals surface area contributed by atoms with E-state index in [-0.39, 0.29) is 6.03 Å². The van der Waals surface area contributed by atoms with Gasteiger partial charge in [-0.15, -0.1) is 0 Å². The maximum atomic E-state index is 13.4. The summed E-state index contributed by atoms with van der Waals surface area (Å²) in [5, 5.41) is 19.3. The van der Waals surface area contributed by atoms with Crippen molar-refractivity contribution in [2.75, 3.05) is 16.8 Å². The van der Waals surface area contributed by atoms with E-state index in [0.717, 1.165) is 50.9 Å². The van der Waals surface area contributed by atoms with Crippen LogP contribution in [-0.4, -0.2) is 64.9 Å². The number of anilines is 2. The molecule has 2 aliphatic rings. The number of carboxylic acids is 1. The van der Waals surface area contributed by atoms with E-state index in [1.165, 1.54) is 29.4 Å². The van der Waals surface area contributed by atoms with Gasteiger partial charge in [0.1, 0.15) is 17.1 Å². The number of thioether (sulfide) groups is 1. The third-order valence-corrected chi connectivity index (χ3v) is 9.87. The zero-order valence-electron chi connectivity index (χ0n) is 24.0. The predicted molar refractivity (Wildman–Crippen MR) is 177 cm³/mol. The number of hydrogen-bond donors (Lipinski definition) is 2. The molecule has 2 N–H and O–H groups in total. The van der Waals surface area contributed by atoms with Crippen LogP contribution >= 0.6 is 23.1 Å². The van der Waals surface area contributed by atoms with Gasteiger partial charge in [0, 0.05) is 24.0 Å². The van der Waals surface area contributed by atoms with Crippen molar-refractivity contribution in [3.8, 4) is 11.4 Å². The molecular weight excluding hydrogens is 625 g/mol. The molecule has 0 fully saturated rings. The van der Waals surface area contributed by atoms with Crippen LogP contribution in [0.4, 0.5) is 15.6 Å². The molecule has 2 amide bonds. The van der Waals surface area contributed by atoms with Crippen molar-refractivity contribution in [2.24, 2.45) is 4.99 Å². The van der Waals surface area contributed by atoms with Crippen LogP contribution < -0.4 is 15.0 Å². The van der Waals surface area contributed by atoms with Gasteiger partial charge in [0.05, 0.1) is 27.5 Å². The van der Waals surface area contributed by atoms with Gasteiger partial charge in [-0.1, -0.05) is 47.4 Å². The number of aliphatic carboxylic acids is 1. The topological polar surface area (TPSA) is 148 Å². The number of urea groups is 1. The quantitative estimate of drug-likeness (QED) is 0.230. The smallest absolute Gasteiger partial charge is 0.333 e. The van der Waals surface area contributed by atoms with Gasteiger partial charge in [0.2, 0.25) is 0 Å². The Morgan fingerprint density at radius 1 is 1.04 bits per heavy atom. The van der Waals surface area contributed by atoms with E-state index < -0.39 is 17.4 Å². The molecule has 14 heteroatoms. The van der Waals surface area contributed by atoms with Crippen molar-refractivity contribution < 1.29 is 19.4 Å². The Labute approximate surface area is 269 Å². The summed E-state index contributed by atoms with van der Waals surface area (Å²) < 4.78 is 8.85. The average Bonchev–Trinajstić information content (AvgIpc) is 3.81. The molecule has 5 heterocycles. The number of para-hydroxylation sites is 1. The maximum Gasteiger partial charge on any atom is 0.333 e. The highest BCUT2D eigenvalue weighted by atomic mass is 32.2. The summed E-state index contributed by atoms with van der Waals surface area (Å²) in [5.41, 5.74) is 4.04. The van der Waals surface area contributed by atoms with Crippen LogP contribution in [-0.2, 0) is 11.2 Å². The number of hydrogen-bond acceptors (Lipinski definition) is 10. The molecule has 0 saturated heterocycles. The van der Waals surface area contributed by atoms with E-state index in [9.17, 15) is 14.7 Å². The van der Waals surface area contributed by atoms with Gasteiger partial charge < -0.3 is 9.84 Å². The van der Waals surface area contributed by atoms with Gasteiger partial charge in [-0.3, -0.25) is 15.2 Å². The SMILES string of the molecule is O=C(O)C1N=C(c2ccc3c(c2)N(C(=O)Nc2nc4ccccc4s2)CCC3)SC1Oc1ccc(-n2ncc3cncnc32)cc1. The Bertz CT molecular complexity index is 2130. The Hall–Kier alpha value is -5.34. The number of ether oxygens (including phenoxy) is 1. The summed E-state index contributed by atoms with van der Waals surface area (Å²) in [6.07, 6.45) is 6.53. The molecule has 3 aromatic carbocycles. The molecule has 2 atom stereocenters. The second-order valence-electron chi connectivity index (χ2n) is 10.7. The summed E-state index contributed by atoms with van der Waals surface area (Å²) in [6, 6.07) is 19.4. The fourth-order valence-corrected chi connectivity index (χ4v) is 7.54. The Kier molecular flexibility index (Phi) is 7.07. The number of aryl methyl sites for hydroxylation is 1. The molecule has 12 nitrogen and oxygen atoms in total. The first kappa shape index (κ1) is 28.2. The molecular formula is C32H24N8O4S2. The van der Waals surface area contributed by atoms with Crippen molar-refractivity contribution in [1.29, 1.82) is 0 Å². The summed E-state index contributed by atoms with van der Waals surface area (Å²) >= 11 is 2.68. The number of nitrogens with one attached hydrogen (secondary N) is 1.